The number of rotatable bonds is 5. The maximum absolute atomic E-state index is 3.53. The van der Waals surface area contributed by atoms with Gasteiger partial charge in [-0.15, -0.1) is 0 Å². The lowest BCUT2D eigenvalue weighted by atomic mass is 9.84. The van der Waals surface area contributed by atoms with Gasteiger partial charge in [0, 0.05) is 25.3 Å². The average molecular weight is 288 g/mol. The molecule has 0 spiro atoms. The van der Waals surface area contributed by atoms with Crippen LogP contribution >= 0.6 is 0 Å². The monoisotopic (exact) mass is 288 g/mol. The second-order valence-electron chi connectivity index (χ2n) is 7.83. The first-order valence-corrected chi connectivity index (χ1v) is 8.42. The SMILES string of the molecule is Cc1cc(CNCC(C)C)ccc1N1CCCC(C)(C)C1. The smallest absolute Gasteiger partial charge is 0.0396 e. The molecule has 1 aromatic carbocycles. The van der Waals surface area contributed by atoms with Gasteiger partial charge in [-0.1, -0.05) is 39.8 Å². The minimum atomic E-state index is 0.447. The predicted molar refractivity (Wildman–Crippen MR) is 93.0 cm³/mol. The van der Waals surface area contributed by atoms with E-state index in [-0.39, 0.29) is 0 Å². The lowest BCUT2D eigenvalue weighted by Gasteiger charge is -2.40. The van der Waals surface area contributed by atoms with Gasteiger partial charge in [-0.05, 0) is 54.8 Å². The van der Waals surface area contributed by atoms with E-state index in [2.05, 4.69) is 63.0 Å². The van der Waals surface area contributed by atoms with Gasteiger partial charge in [0.15, 0.2) is 0 Å². The number of anilines is 1. The van der Waals surface area contributed by atoms with Crippen LogP contribution in [0.15, 0.2) is 18.2 Å². The van der Waals surface area contributed by atoms with Gasteiger partial charge >= 0.3 is 0 Å². The lowest BCUT2D eigenvalue weighted by Crippen LogP contribution is -2.40. The number of hydrogen-bond donors (Lipinski definition) is 1. The number of nitrogens with one attached hydrogen (secondary N) is 1. The molecule has 1 aromatic rings. The maximum atomic E-state index is 3.53. The summed E-state index contributed by atoms with van der Waals surface area (Å²) in [5, 5.41) is 3.53. The highest BCUT2D eigenvalue weighted by Crippen LogP contribution is 2.33. The number of nitrogens with zero attached hydrogens (tertiary/aromatic N) is 1. The van der Waals surface area contributed by atoms with Gasteiger partial charge in [-0.25, -0.2) is 0 Å². The van der Waals surface area contributed by atoms with Crippen molar-refractivity contribution in [3.05, 3.63) is 29.3 Å². The third kappa shape index (κ3) is 4.74. The molecule has 0 unspecified atom stereocenters. The molecule has 0 aliphatic carbocycles. The first-order valence-electron chi connectivity index (χ1n) is 8.42. The van der Waals surface area contributed by atoms with E-state index < -0.39 is 0 Å². The molecule has 0 atom stereocenters. The Morgan fingerprint density at radius 3 is 2.67 bits per heavy atom. The van der Waals surface area contributed by atoms with Gasteiger partial charge in [0.1, 0.15) is 0 Å². The first-order chi connectivity index (χ1) is 9.87. The number of piperidine rings is 1. The van der Waals surface area contributed by atoms with E-state index in [0.29, 0.717) is 11.3 Å². The molecule has 0 radical (unpaired) electrons. The van der Waals surface area contributed by atoms with E-state index in [9.17, 15) is 0 Å². The number of benzene rings is 1. The van der Waals surface area contributed by atoms with Crippen LogP contribution in [0.5, 0.6) is 0 Å². The Bertz CT molecular complexity index is 463. The fraction of sp³-hybridized carbons (Fsp3) is 0.684. The summed E-state index contributed by atoms with van der Waals surface area (Å²) >= 11 is 0. The van der Waals surface area contributed by atoms with Crippen molar-refractivity contribution in [3.8, 4) is 0 Å². The highest BCUT2D eigenvalue weighted by molar-refractivity contribution is 5.55. The third-order valence-electron chi connectivity index (χ3n) is 4.38. The summed E-state index contributed by atoms with van der Waals surface area (Å²) in [4.78, 5) is 2.57. The molecular weight excluding hydrogens is 256 g/mol. The Kier molecular flexibility index (Phi) is 5.32. The molecule has 1 aliphatic heterocycles. The zero-order valence-corrected chi connectivity index (χ0v) is 14.5. The van der Waals surface area contributed by atoms with Crippen molar-refractivity contribution in [1.29, 1.82) is 0 Å². The molecule has 1 aliphatic rings. The molecule has 0 bridgehead atoms. The van der Waals surface area contributed by atoms with E-state index >= 15 is 0 Å². The third-order valence-corrected chi connectivity index (χ3v) is 4.38. The van der Waals surface area contributed by atoms with E-state index in [0.717, 1.165) is 13.1 Å². The quantitative estimate of drug-likeness (QED) is 0.865. The highest BCUT2D eigenvalue weighted by atomic mass is 15.1. The molecule has 0 amide bonds. The molecule has 2 rings (SSSR count). The van der Waals surface area contributed by atoms with Crippen LogP contribution in [-0.4, -0.2) is 19.6 Å². The highest BCUT2D eigenvalue weighted by Gasteiger charge is 2.26. The predicted octanol–water partition coefficient (Wildman–Crippen LogP) is 4.37. The van der Waals surface area contributed by atoms with Crippen molar-refractivity contribution in [3.63, 3.8) is 0 Å². The molecule has 0 aromatic heterocycles. The fourth-order valence-electron chi connectivity index (χ4n) is 3.32. The van der Waals surface area contributed by atoms with E-state index in [1.807, 2.05) is 0 Å². The molecule has 1 N–H and O–H groups in total. The normalized spacial score (nSPS) is 18.3. The summed E-state index contributed by atoms with van der Waals surface area (Å²) in [7, 11) is 0. The number of aryl methyl sites for hydroxylation is 1. The zero-order chi connectivity index (χ0) is 15.5. The first kappa shape index (κ1) is 16.4. The largest absolute Gasteiger partial charge is 0.371 e. The van der Waals surface area contributed by atoms with Gasteiger partial charge in [-0.3, -0.25) is 0 Å². The van der Waals surface area contributed by atoms with Crippen LogP contribution in [0, 0.1) is 18.3 Å². The van der Waals surface area contributed by atoms with Crippen LogP contribution in [0.1, 0.15) is 51.7 Å². The second-order valence-corrected chi connectivity index (χ2v) is 7.83. The molecule has 21 heavy (non-hydrogen) atoms. The van der Waals surface area contributed by atoms with Crippen molar-refractivity contribution in [1.82, 2.24) is 5.32 Å². The zero-order valence-electron chi connectivity index (χ0n) is 14.5. The standard InChI is InChI=1S/C19H32N2/c1-15(2)12-20-13-17-7-8-18(16(3)11-17)21-10-6-9-19(4,5)14-21/h7-8,11,15,20H,6,9-10,12-14H2,1-5H3. The molecule has 1 fully saturated rings. The van der Waals surface area contributed by atoms with Crippen LogP contribution < -0.4 is 10.2 Å². The molecule has 2 nitrogen and oxygen atoms in total. The van der Waals surface area contributed by atoms with Crippen molar-refractivity contribution >= 4 is 5.69 Å². The van der Waals surface area contributed by atoms with Gasteiger partial charge in [0.25, 0.3) is 0 Å². The van der Waals surface area contributed by atoms with Gasteiger partial charge in [0.2, 0.25) is 0 Å². The second kappa shape index (κ2) is 6.83. The summed E-state index contributed by atoms with van der Waals surface area (Å²) in [6, 6.07) is 6.96. The minimum Gasteiger partial charge on any atom is -0.371 e. The van der Waals surface area contributed by atoms with Crippen molar-refractivity contribution < 1.29 is 0 Å². The van der Waals surface area contributed by atoms with Gasteiger partial charge in [0.05, 0.1) is 0 Å². The van der Waals surface area contributed by atoms with Crippen LogP contribution in [0.4, 0.5) is 5.69 Å². The van der Waals surface area contributed by atoms with E-state index in [4.69, 9.17) is 0 Å². The van der Waals surface area contributed by atoms with Crippen LogP contribution in [0.25, 0.3) is 0 Å². The van der Waals surface area contributed by atoms with Crippen molar-refractivity contribution in [2.75, 3.05) is 24.5 Å². The topological polar surface area (TPSA) is 15.3 Å². The maximum Gasteiger partial charge on any atom is 0.0396 e. The number of hydrogen-bond acceptors (Lipinski definition) is 2. The molecule has 1 saturated heterocycles. The van der Waals surface area contributed by atoms with Gasteiger partial charge in [-0.2, -0.15) is 0 Å². The molecule has 118 valence electrons. The van der Waals surface area contributed by atoms with Crippen LogP contribution in [0.3, 0.4) is 0 Å². The lowest BCUT2D eigenvalue weighted by molar-refractivity contribution is 0.293. The molecule has 0 saturated carbocycles. The summed E-state index contributed by atoms with van der Waals surface area (Å²) < 4.78 is 0. The fourth-order valence-corrected chi connectivity index (χ4v) is 3.32. The molecule has 1 heterocycles. The summed E-state index contributed by atoms with van der Waals surface area (Å²) in [5.41, 5.74) is 4.68. The van der Waals surface area contributed by atoms with Gasteiger partial charge < -0.3 is 10.2 Å². The summed E-state index contributed by atoms with van der Waals surface area (Å²) in [6.07, 6.45) is 2.66. The summed E-state index contributed by atoms with van der Waals surface area (Å²) in [5.74, 6) is 0.709. The van der Waals surface area contributed by atoms with Crippen molar-refractivity contribution in [2.45, 2.75) is 54.0 Å². The minimum absolute atomic E-state index is 0.447. The Labute approximate surface area is 130 Å². The Balaban J connectivity index is 2.02. The molecule has 2 heteroatoms. The Hall–Kier alpha value is -1.02. The average Bonchev–Trinajstić information content (AvgIpc) is 2.37. The van der Waals surface area contributed by atoms with Crippen LogP contribution in [-0.2, 0) is 6.54 Å². The summed E-state index contributed by atoms with van der Waals surface area (Å²) in [6.45, 7) is 16.0. The van der Waals surface area contributed by atoms with Crippen molar-refractivity contribution in [2.24, 2.45) is 11.3 Å². The van der Waals surface area contributed by atoms with E-state index in [1.54, 1.807) is 0 Å². The Morgan fingerprint density at radius 2 is 2.05 bits per heavy atom. The molecular formula is C19H32N2. The Morgan fingerprint density at radius 1 is 1.29 bits per heavy atom. The van der Waals surface area contributed by atoms with Crippen LogP contribution in [0.2, 0.25) is 0 Å². The van der Waals surface area contributed by atoms with E-state index in [1.165, 1.54) is 42.7 Å².